The number of rotatable bonds is 12. The highest BCUT2D eigenvalue weighted by Gasteiger charge is 2.23. The third kappa shape index (κ3) is 6.98. The van der Waals surface area contributed by atoms with Gasteiger partial charge in [-0.1, -0.05) is 72.8 Å². The minimum Gasteiger partial charge on any atom is -0.497 e. The van der Waals surface area contributed by atoms with E-state index >= 15 is 0 Å². The molecule has 44 heavy (non-hydrogen) atoms. The second-order valence-corrected chi connectivity index (χ2v) is 10.8. The van der Waals surface area contributed by atoms with Crippen LogP contribution < -0.4 is 14.8 Å². The minimum atomic E-state index is -0.155. The van der Waals surface area contributed by atoms with Crippen molar-refractivity contribution in [1.82, 2.24) is 14.9 Å². The van der Waals surface area contributed by atoms with Crippen molar-refractivity contribution in [2.24, 2.45) is 0 Å². The van der Waals surface area contributed by atoms with E-state index in [4.69, 9.17) is 9.47 Å². The number of carbonyl (C=O) groups excluding carboxylic acids is 1. The summed E-state index contributed by atoms with van der Waals surface area (Å²) in [6, 6.07) is 38.7. The molecule has 0 fully saturated rings. The normalized spacial score (nSPS) is 11.7. The smallest absolute Gasteiger partial charge is 0.221 e. The molecular weight excluding hydrogens is 546 g/mol. The summed E-state index contributed by atoms with van der Waals surface area (Å²) in [5.41, 5.74) is 6.61. The van der Waals surface area contributed by atoms with Gasteiger partial charge in [0.25, 0.3) is 0 Å². The second kappa shape index (κ2) is 13.7. The Labute approximate surface area is 257 Å². The largest absolute Gasteiger partial charge is 0.497 e. The third-order valence-corrected chi connectivity index (χ3v) is 7.87. The van der Waals surface area contributed by atoms with E-state index in [1.807, 2.05) is 54.6 Å². The first kappa shape index (κ1) is 28.7. The second-order valence-electron chi connectivity index (χ2n) is 10.8. The van der Waals surface area contributed by atoms with Crippen LogP contribution >= 0.6 is 0 Å². The van der Waals surface area contributed by atoms with E-state index in [9.17, 15) is 4.79 Å². The van der Waals surface area contributed by atoms with Crippen molar-refractivity contribution in [3.8, 4) is 11.5 Å². The molecule has 0 bridgehead atoms. The van der Waals surface area contributed by atoms with Gasteiger partial charge in [-0.3, -0.25) is 9.78 Å². The van der Waals surface area contributed by atoms with Crippen LogP contribution in [0.4, 0.5) is 0 Å². The number of hydrogen-bond acceptors (Lipinski definition) is 4. The maximum atomic E-state index is 13.4. The Morgan fingerprint density at radius 1 is 0.773 bits per heavy atom. The van der Waals surface area contributed by atoms with Crippen LogP contribution in [-0.4, -0.2) is 22.6 Å². The Balaban J connectivity index is 1.29. The van der Waals surface area contributed by atoms with Crippen LogP contribution in [0, 0.1) is 0 Å². The van der Waals surface area contributed by atoms with Crippen LogP contribution in [0.3, 0.4) is 0 Å². The van der Waals surface area contributed by atoms with Crippen molar-refractivity contribution in [3.63, 3.8) is 0 Å². The molecule has 0 radical (unpaired) electrons. The molecule has 2 heterocycles. The van der Waals surface area contributed by atoms with Gasteiger partial charge >= 0.3 is 0 Å². The number of fused-ring (bicyclic) bond motifs is 1. The predicted octanol–water partition coefficient (Wildman–Crippen LogP) is 7.51. The summed E-state index contributed by atoms with van der Waals surface area (Å²) in [6.07, 6.45) is 5.99. The lowest BCUT2D eigenvalue weighted by Crippen LogP contribution is -2.25. The topological polar surface area (TPSA) is 65.4 Å². The maximum absolute atomic E-state index is 13.4. The van der Waals surface area contributed by atoms with Crippen molar-refractivity contribution in [1.29, 1.82) is 0 Å². The number of nitrogens with one attached hydrogen (secondary N) is 1. The Kier molecular flexibility index (Phi) is 8.98. The number of amides is 1. The number of benzene rings is 4. The standard InChI is InChI=1S/C38H35N3O3/c1-43-32-15-11-29(12-16-32)25-41-26-36(34-9-5-6-10-37(34)41)35(23-38(42)40-24-28-19-21-39-22-20-28)31-13-17-33(18-14-31)44-27-30-7-3-2-4-8-30/h2-22,26,35H,23-25,27H2,1H3,(H,40,42). The molecule has 0 saturated carbocycles. The number of aromatic nitrogens is 2. The molecule has 0 aliphatic carbocycles. The molecule has 4 aromatic carbocycles. The Bertz CT molecular complexity index is 1800. The highest BCUT2D eigenvalue weighted by atomic mass is 16.5. The highest BCUT2D eigenvalue weighted by Crippen LogP contribution is 2.36. The molecule has 2 aromatic heterocycles. The Hall–Kier alpha value is -5.36. The van der Waals surface area contributed by atoms with Crippen molar-refractivity contribution < 1.29 is 14.3 Å². The lowest BCUT2D eigenvalue weighted by molar-refractivity contribution is -0.121. The molecule has 1 amide bonds. The molecule has 220 valence electrons. The maximum Gasteiger partial charge on any atom is 0.221 e. The van der Waals surface area contributed by atoms with Crippen LogP contribution in [-0.2, 0) is 24.5 Å². The van der Waals surface area contributed by atoms with Gasteiger partial charge in [0.15, 0.2) is 0 Å². The Morgan fingerprint density at radius 3 is 2.23 bits per heavy atom. The van der Waals surface area contributed by atoms with Crippen molar-refractivity contribution in [3.05, 3.63) is 162 Å². The quantitative estimate of drug-likeness (QED) is 0.162. The Morgan fingerprint density at radius 2 is 1.48 bits per heavy atom. The molecule has 0 aliphatic heterocycles. The van der Waals surface area contributed by atoms with Gasteiger partial charge in [-0.2, -0.15) is 0 Å². The number of para-hydroxylation sites is 1. The van der Waals surface area contributed by atoms with Gasteiger partial charge < -0.3 is 19.4 Å². The molecule has 1 atom stereocenters. The van der Waals surface area contributed by atoms with Gasteiger partial charge in [-0.15, -0.1) is 0 Å². The molecule has 0 saturated heterocycles. The first-order valence-corrected chi connectivity index (χ1v) is 14.8. The van der Waals surface area contributed by atoms with E-state index in [0.717, 1.165) is 44.7 Å². The zero-order chi connectivity index (χ0) is 30.1. The number of methoxy groups -OCH3 is 1. The zero-order valence-electron chi connectivity index (χ0n) is 24.7. The van der Waals surface area contributed by atoms with Crippen LogP contribution in [0.1, 0.15) is 40.2 Å². The number of carbonyl (C=O) groups is 1. The number of pyridine rings is 1. The fraction of sp³-hybridized carbons (Fsp3) is 0.158. The van der Waals surface area contributed by atoms with Gasteiger partial charge in [0.05, 0.1) is 7.11 Å². The van der Waals surface area contributed by atoms with Crippen LogP contribution in [0.15, 0.2) is 134 Å². The number of hydrogen-bond donors (Lipinski definition) is 1. The lowest BCUT2D eigenvalue weighted by Gasteiger charge is -2.18. The molecule has 0 aliphatic rings. The van der Waals surface area contributed by atoms with Crippen molar-refractivity contribution in [2.45, 2.75) is 32.0 Å². The van der Waals surface area contributed by atoms with Crippen molar-refractivity contribution in [2.75, 3.05) is 7.11 Å². The molecule has 6 nitrogen and oxygen atoms in total. The first-order valence-electron chi connectivity index (χ1n) is 14.8. The molecule has 6 aromatic rings. The van der Waals surface area contributed by atoms with E-state index < -0.39 is 0 Å². The molecule has 6 heteroatoms. The first-order chi connectivity index (χ1) is 21.7. The van der Waals surface area contributed by atoms with Gasteiger partial charge in [-0.25, -0.2) is 0 Å². The molecule has 1 N–H and O–H groups in total. The van der Waals surface area contributed by atoms with Crippen LogP contribution in [0.5, 0.6) is 11.5 Å². The van der Waals surface area contributed by atoms with E-state index in [2.05, 4.69) is 81.7 Å². The van der Waals surface area contributed by atoms with Crippen molar-refractivity contribution >= 4 is 16.8 Å². The van der Waals surface area contributed by atoms with Gasteiger partial charge in [0, 0.05) is 54.9 Å². The van der Waals surface area contributed by atoms with Crippen LogP contribution in [0.2, 0.25) is 0 Å². The van der Waals surface area contributed by atoms with Crippen LogP contribution in [0.25, 0.3) is 10.9 Å². The summed E-state index contributed by atoms with van der Waals surface area (Å²) in [6.45, 7) is 1.66. The minimum absolute atomic E-state index is 0.0109. The summed E-state index contributed by atoms with van der Waals surface area (Å²) in [5.74, 6) is 1.46. The predicted molar refractivity (Wildman–Crippen MR) is 174 cm³/mol. The summed E-state index contributed by atoms with van der Waals surface area (Å²) in [4.78, 5) is 17.5. The number of nitrogens with zero attached hydrogens (tertiary/aromatic N) is 2. The summed E-state index contributed by atoms with van der Waals surface area (Å²) in [7, 11) is 1.68. The fourth-order valence-electron chi connectivity index (χ4n) is 5.51. The molecule has 0 spiro atoms. The molecular formula is C38H35N3O3. The van der Waals surface area contributed by atoms with E-state index in [-0.39, 0.29) is 11.8 Å². The average Bonchev–Trinajstić information content (AvgIpc) is 3.44. The number of ether oxygens (including phenoxy) is 2. The van der Waals surface area contributed by atoms with Gasteiger partial charge in [-0.05, 0) is 70.3 Å². The molecule has 1 unspecified atom stereocenters. The fourth-order valence-corrected chi connectivity index (χ4v) is 5.51. The SMILES string of the molecule is COc1ccc(Cn2cc(C(CC(=O)NCc3ccncc3)c3ccc(OCc4ccccc4)cc3)c3ccccc32)cc1. The highest BCUT2D eigenvalue weighted by molar-refractivity contribution is 5.87. The van der Waals surface area contributed by atoms with Gasteiger partial charge in [0.2, 0.25) is 5.91 Å². The average molecular weight is 582 g/mol. The van der Waals surface area contributed by atoms with Gasteiger partial charge in [0.1, 0.15) is 18.1 Å². The third-order valence-electron chi connectivity index (χ3n) is 7.87. The van der Waals surface area contributed by atoms with E-state index in [1.54, 1.807) is 19.5 Å². The summed E-state index contributed by atoms with van der Waals surface area (Å²) >= 11 is 0. The summed E-state index contributed by atoms with van der Waals surface area (Å²) in [5, 5.41) is 4.25. The van der Waals surface area contributed by atoms with E-state index in [1.165, 1.54) is 5.56 Å². The monoisotopic (exact) mass is 581 g/mol. The molecule has 6 rings (SSSR count). The van der Waals surface area contributed by atoms with E-state index in [0.29, 0.717) is 26.1 Å². The lowest BCUT2D eigenvalue weighted by atomic mass is 9.88. The summed E-state index contributed by atoms with van der Waals surface area (Å²) < 4.78 is 13.7. The zero-order valence-corrected chi connectivity index (χ0v) is 24.7.